The van der Waals surface area contributed by atoms with Gasteiger partial charge in [0, 0.05) is 26.4 Å². The van der Waals surface area contributed by atoms with E-state index in [2.05, 4.69) is 31.0 Å². The predicted octanol–water partition coefficient (Wildman–Crippen LogP) is 3.22. The molecule has 0 spiro atoms. The number of hydrogen-bond donors (Lipinski definition) is 0. The Labute approximate surface area is 76.1 Å². The number of aromatic nitrogens is 1. The Balaban J connectivity index is 2.88. The molecule has 12 heavy (non-hydrogen) atoms. The zero-order valence-electron chi connectivity index (χ0n) is 7.51. The summed E-state index contributed by atoms with van der Waals surface area (Å²) in [6.07, 6.45) is 0. The lowest BCUT2D eigenvalue weighted by Gasteiger charge is -1.96. The Hall–Kier alpha value is -0.890. The summed E-state index contributed by atoms with van der Waals surface area (Å²) in [4.78, 5) is 5.78. The fourth-order valence-corrected chi connectivity index (χ4v) is 2.54. The maximum atomic E-state index is 4.42. The molecule has 0 fully saturated rings. The minimum atomic E-state index is 1.11. The van der Waals surface area contributed by atoms with Gasteiger partial charge in [-0.2, -0.15) is 0 Å². The van der Waals surface area contributed by atoms with Crippen molar-refractivity contribution < 1.29 is 0 Å². The Bertz CT molecular complexity index is 429. The number of fused-ring (bicyclic) bond motifs is 1. The van der Waals surface area contributed by atoms with Crippen LogP contribution in [0.5, 0.6) is 0 Å². The molecular weight excluding hydrogens is 166 g/mol. The highest BCUT2D eigenvalue weighted by atomic mass is 32.1. The summed E-state index contributed by atoms with van der Waals surface area (Å²) >= 11 is 1.84. The van der Waals surface area contributed by atoms with Gasteiger partial charge in [0.2, 0.25) is 0 Å². The van der Waals surface area contributed by atoms with Gasteiger partial charge in [0.15, 0.2) is 0 Å². The van der Waals surface area contributed by atoms with Crippen LogP contribution in [0, 0.1) is 20.8 Å². The van der Waals surface area contributed by atoms with Crippen LogP contribution in [0.4, 0.5) is 0 Å². The van der Waals surface area contributed by atoms with E-state index < -0.39 is 0 Å². The highest BCUT2D eigenvalue weighted by molar-refractivity contribution is 7.19. The van der Waals surface area contributed by atoms with Gasteiger partial charge in [-0.3, -0.25) is 4.98 Å². The SMILES string of the molecule is Cc1cc2sc(C)cc2c(C)n1. The van der Waals surface area contributed by atoms with Crippen LogP contribution in [0.15, 0.2) is 12.1 Å². The van der Waals surface area contributed by atoms with Crippen LogP contribution in [0.1, 0.15) is 16.3 Å². The zero-order chi connectivity index (χ0) is 8.72. The first kappa shape index (κ1) is 7.74. The van der Waals surface area contributed by atoms with Gasteiger partial charge in [-0.05, 0) is 32.9 Å². The van der Waals surface area contributed by atoms with Crippen LogP contribution < -0.4 is 0 Å². The predicted molar refractivity (Wildman–Crippen MR) is 53.8 cm³/mol. The Morgan fingerprint density at radius 3 is 2.67 bits per heavy atom. The molecule has 0 unspecified atom stereocenters. The summed E-state index contributed by atoms with van der Waals surface area (Å²) in [5, 5.41) is 1.31. The lowest BCUT2D eigenvalue weighted by Crippen LogP contribution is -1.84. The van der Waals surface area contributed by atoms with Gasteiger partial charge in [0.05, 0.1) is 0 Å². The van der Waals surface area contributed by atoms with Gasteiger partial charge in [-0.15, -0.1) is 11.3 Å². The standard InChI is InChI=1S/C10H11NS/c1-6-4-10-9(8(3)11-6)5-7(2)12-10/h4-5H,1-3H3. The van der Waals surface area contributed by atoms with E-state index in [1.54, 1.807) is 0 Å². The average Bonchev–Trinajstić information content (AvgIpc) is 2.29. The van der Waals surface area contributed by atoms with Crippen molar-refractivity contribution >= 4 is 21.4 Å². The molecule has 0 atom stereocenters. The number of thiophene rings is 1. The molecule has 2 rings (SSSR count). The minimum absolute atomic E-state index is 1.11. The third kappa shape index (κ3) is 1.12. The number of pyridine rings is 1. The lowest BCUT2D eigenvalue weighted by atomic mass is 10.2. The molecular formula is C10H11NS. The van der Waals surface area contributed by atoms with Crippen molar-refractivity contribution in [2.24, 2.45) is 0 Å². The Morgan fingerprint density at radius 2 is 1.92 bits per heavy atom. The molecule has 0 amide bonds. The molecule has 2 heterocycles. The highest BCUT2D eigenvalue weighted by Crippen LogP contribution is 2.26. The second-order valence-corrected chi connectivity index (χ2v) is 4.41. The smallest absolute Gasteiger partial charge is 0.0462 e. The van der Waals surface area contributed by atoms with Crippen molar-refractivity contribution in [1.29, 1.82) is 0 Å². The van der Waals surface area contributed by atoms with Crippen LogP contribution in [-0.2, 0) is 0 Å². The Morgan fingerprint density at radius 1 is 1.17 bits per heavy atom. The van der Waals surface area contributed by atoms with Crippen molar-refractivity contribution in [3.05, 3.63) is 28.4 Å². The third-order valence-electron chi connectivity index (χ3n) is 1.96. The molecule has 0 aliphatic carbocycles. The van der Waals surface area contributed by atoms with E-state index in [0.29, 0.717) is 0 Å². The summed E-state index contributed by atoms with van der Waals surface area (Å²) in [6.45, 7) is 6.25. The third-order valence-corrected chi connectivity index (χ3v) is 2.96. The van der Waals surface area contributed by atoms with Gasteiger partial charge >= 0.3 is 0 Å². The van der Waals surface area contributed by atoms with E-state index in [4.69, 9.17) is 0 Å². The molecule has 2 aromatic rings. The molecule has 1 nitrogen and oxygen atoms in total. The van der Waals surface area contributed by atoms with Crippen LogP contribution >= 0.6 is 11.3 Å². The maximum Gasteiger partial charge on any atom is 0.0462 e. The fourth-order valence-electron chi connectivity index (χ4n) is 1.47. The highest BCUT2D eigenvalue weighted by Gasteiger charge is 2.02. The summed E-state index contributed by atoms with van der Waals surface area (Å²) < 4.78 is 1.36. The van der Waals surface area contributed by atoms with Crippen molar-refractivity contribution in [2.75, 3.05) is 0 Å². The second-order valence-electron chi connectivity index (χ2n) is 3.12. The maximum absolute atomic E-state index is 4.42. The van der Waals surface area contributed by atoms with Gasteiger partial charge in [-0.1, -0.05) is 0 Å². The van der Waals surface area contributed by atoms with Crippen LogP contribution in [0.2, 0.25) is 0 Å². The van der Waals surface area contributed by atoms with E-state index in [1.807, 2.05) is 18.3 Å². The largest absolute Gasteiger partial charge is 0.258 e. The molecule has 0 N–H and O–H groups in total. The molecule has 0 saturated heterocycles. The van der Waals surface area contributed by atoms with E-state index in [0.717, 1.165) is 11.4 Å². The monoisotopic (exact) mass is 177 g/mol. The zero-order valence-corrected chi connectivity index (χ0v) is 8.33. The summed E-state index contributed by atoms with van der Waals surface area (Å²) in [5.74, 6) is 0. The van der Waals surface area contributed by atoms with E-state index in [-0.39, 0.29) is 0 Å². The van der Waals surface area contributed by atoms with Gasteiger partial charge in [0.25, 0.3) is 0 Å². The molecule has 0 radical (unpaired) electrons. The first-order chi connectivity index (χ1) is 5.66. The first-order valence-corrected chi connectivity index (χ1v) is 4.83. The Kier molecular flexibility index (Phi) is 1.65. The van der Waals surface area contributed by atoms with Gasteiger partial charge in [0.1, 0.15) is 0 Å². The molecule has 0 aliphatic heterocycles. The van der Waals surface area contributed by atoms with Crippen LogP contribution in [-0.4, -0.2) is 4.98 Å². The number of aryl methyl sites for hydroxylation is 3. The molecule has 62 valence electrons. The fraction of sp³-hybridized carbons (Fsp3) is 0.300. The molecule has 0 saturated carbocycles. The molecule has 0 aromatic carbocycles. The number of nitrogens with zero attached hydrogens (tertiary/aromatic N) is 1. The van der Waals surface area contributed by atoms with Crippen LogP contribution in [0.3, 0.4) is 0 Å². The van der Waals surface area contributed by atoms with Gasteiger partial charge < -0.3 is 0 Å². The molecule has 2 heteroatoms. The summed E-state index contributed by atoms with van der Waals surface area (Å²) in [7, 11) is 0. The quantitative estimate of drug-likeness (QED) is 0.602. The van der Waals surface area contributed by atoms with Crippen molar-refractivity contribution in [1.82, 2.24) is 4.98 Å². The summed E-state index contributed by atoms with van der Waals surface area (Å²) in [6, 6.07) is 4.36. The number of hydrogen-bond acceptors (Lipinski definition) is 2. The van der Waals surface area contributed by atoms with E-state index in [1.165, 1.54) is 15.0 Å². The molecule has 0 bridgehead atoms. The minimum Gasteiger partial charge on any atom is -0.258 e. The molecule has 2 aromatic heterocycles. The van der Waals surface area contributed by atoms with E-state index in [9.17, 15) is 0 Å². The first-order valence-electron chi connectivity index (χ1n) is 4.01. The second kappa shape index (κ2) is 2.56. The normalized spacial score (nSPS) is 10.9. The van der Waals surface area contributed by atoms with Crippen molar-refractivity contribution in [3.63, 3.8) is 0 Å². The summed E-state index contributed by atoms with van der Waals surface area (Å²) in [5.41, 5.74) is 2.26. The van der Waals surface area contributed by atoms with Crippen molar-refractivity contribution in [2.45, 2.75) is 20.8 Å². The lowest BCUT2D eigenvalue weighted by molar-refractivity contribution is 1.15. The van der Waals surface area contributed by atoms with Gasteiger partial charge in [-0.25, -0.2) is 0 Å². The van der Waals surface area contributed by atoms with Crippen molar-refractivity contribution in [3.8, 4) is 0 Å². The molecule has 0 aliphatic rings. The average molecular weight is 177 g/mol. The number of rotatable bonds is 0. The topological polar surface area (TPSA) is 12.9 Å². The van der Waals surface area contributed by atoms with E-state index >= 15 is 0 Å². The van der Waals surface area contributed by atoms with Crippen LogP contribution in [0.25, 0.3) is 10.1 Å².